The zero-order valence-corrected chi connectivity index (χ0v) is 24.5. The van der Waals surface area contributed by atoms with Crippen molar-refractivity contribution in [2.75, 3.05) is 65.4 Å². The molecule has 2 aliphatic carbocycles. The van der Waals surface area contributed by atoms with Gasteiger partial charge in [0.2, 0.25) is 0 Å². The third-order valence-electron chi connectivity index (χ3n) is 10.8. The number of fused-ring (bicyclic) bond motifs is 2. The molecule has 0 radical (unpaired) electrons. The van der Waals surface area contributed by atoms with E-state index in [2.05, 4.69) is 72.2 Å². The molecule has 5 fully saturated rings. The van der Waals surface area contributed by atoms with Crippen molar-refractivity contribution in [1.29, 1.82) is 0 Å². The molecule has 6 heteroatoms. The van der Waals surface area contributed by atoms with E-state index in [4.69, 9.17) is 0 Å². The van der Waals surface area contributed by atoms with Crippen molar-refractivity contribution in [3.05, 3.63) is 0 Å². The summed E-state index contributed by atoms with van der Waals surface area (Å²) in [6, 6.07) is 1.79. The highest BCUT2D eigenvalue weighted by Gasteiger charge is 2.54. The third kappa shape index (κ3) is 5.56. The van der Waals surface area contributed by atoms with Gasteiger partial charge in [-0.05, 0) is 83.5 Å². The van der Waals surface area contributed by atoms with Gasteiger partial charge in [-0.3, -0.25) is 14.7 Å². The summed E-state index contributed by atoms with van der Waals surface area (Å²) in [5, 5.41) is 11.1. The molecule has 0 aromatic rings. The Hall–Kier alpha value is -0.240. The van der Waals surface area contributed by atoms with Crippen LogP contribution in [-0.4, -0.2) is 109 Å². The maximum Gasteiger partial charge on any atom is 0.0394 e. The first-order valence-corrected chi connectivity index (χ1v) is 15.5. The molecule has 3 N–H and O–H groups in total. The Balaban J connectivity index is 1.36. The molecule has 36 heavy (non-hydrogen) atoms. The minimum atomic E-state index is 0.212. The summed E-state index contributed by atoms with van der Waals surface area (Å²) in [6.07, 6.45) is 8.51. The maximum absolute atomic E-state index is 3.78. The van der Waals surface area contributed by atoms with Gasteiger partial charge in [-0.15, -0.1) is 0 Å². The van der Waals surface area contributed by atoms with E-state index >= 15 is 0 Å². The van der Waals surface area contributed by atoms with Crippen LogP contribution in [0.25, 0.3) is 0 Å². The van der Waals surface area contributed by atoms with Gasteiger partial charge in [-0.1, -0.05) is 13.8 Å². The second kappa shape index (κ2) is 10.7. The molecule has 0 aromatic carbocycles. The van der Waals surface area contributed by atoms with E-state index in [0.29, 0.717) is 29.1 Å². The average Bonchev–Trinajstić information content (AvgIpc) is 2.83. The number of nitrogens with zero attached hydrogens (tertiary/aromatic N) is 3. The fourth-order valence-electron chi connectivity index (χ4n) is 10.2. The number of hydrogen-bond acceptors (Lipinski definition) is 6. The monoisotopic (exact) mass is 502 g/mol. The van der Waals surface area contributed by atoms with Crippen molar-refractivity contribution in [3.63, 3.8) is 0 Å². The van der Waals surface area contributed by atoms with Gasteiger partial charge in [0.05, 0.1) is 0 Å². The van der Waals surface area contributed by atoms with E-state index in [9.17, 15) is 0 Å². The summed E-state index contributed by atoms with van der Waals surface area (Å²) in [5.41, 5.74) is 1.08. The summed E-state index contributed by atoms with van der Waals surface area (Å²) in [5.74, 6) is 1.80. The third-order valence-corrected chi connectivity index (χ3v) is 10.8. The summed E-state index contributed by atoms with van der Waals surface area (Å²) in [6.45, 7) is 26.9. The molecular weight excluding hydrogens is 444 g/mol. The minimum Gasteiger partial charge on any atom is -0.314 e. The Morgan fingerprint density at radius 2 is 1.53 bits per heavy atom. The lowest BCUT2D eigenvalue weighted by atomic mass is 9.53. The molecule has 208 valence electrons. The molecule has 3 aliphatic heterocycles. The summed E-state index contributed by atoms with van der Waals surface area (Å²) in [7, 11) is 0. The van der Waals surface area contributed by atoms with Gasteiger partial charge in [-0.2, -0.15) is 0 Å². The SMILES string of the molecule is CC1CC2CC(C)(CC(C)(C)N3CCNCC3C3CNCCN3C(C)C)CC(N3CCNCC3)(C1)C2. The van der Waals surface area contributed by atoms with Crippen LogP contribution in [0.4, 0.5) is 0 Å². The van der Waals surface area contributed by atoms with Crippen LogP contribution in [0.3, 0.4) is 0 Å². The molecule has 0 amide bonds. The van der Waals surface area contributed by atoms with Crippen LogP contribution < -0.4 is 16.0 Å². The fraction of sp³-hybridized carbons (Fsp3) is 1.00. The fourth-order valence-corrected chi connectivity index (χ4v) is 10.2. The normalized spacial score (nSPS) is 42.1. The molecule has 6 nitrogen and oxygen atoms in total. The number of hydrogen-bond donors (Lipinski definition) is 3. The van der Waals surface area contributed by atoms with Crippen LogP contribution in [0, 0.1) is 17.3 Å². The highest BCUT2D eigenvalue weighted by Crippen LogP contribution is 2.57. The molecule has 3 saturated heterocycles. The first kappa shape index (κ1) is 27.3. The Morgan fingerprint density at radius 1 is 0.861 bits per heavy atom. The number of rotatable bonds is 6. The Bertz CT molecular complexity index is 731. The average molecular weight is 503 g/mol. The molecule has 5 rings (SSSR count). The van der Waals surface area contributed by atoms with Crippen molar-refractivity contribution in [1.82, 2.24) is 30.7 Å². The van der Waals surface area contributed by atoms with Gasteiger partial charge in [0.1, 0.15) is 0 Å². The second-order valence-corrected chi connectivity index (χ2v) is 14.8. The summed E-state index contributed by atoms with van der Waals surface area (Å²) < 4.78 is 0. The van der Waals surface area contributed by atoms with Crippen LogP contribution >= 0.6 is 0 Å². The quantitative estimate of drug-likeness (QED) is 0.519. The summed E-state index contributed by atoms with van der Waals surface area (Å²) in [4.78, 5) is 8.68. The van der Waals surface area contributed by atoms with E-state index in [0.717, 1.165) is 38.0 Å². The molecule has 0 aromatic heterocycles. The predicted octanol–water partition coefficient (Wildman–Crippen LogP) is 2.99. The van der Waals surface area contributed by atoms with E-state index in [1.165, 1.54) is 77.8 Å². The number of piperazine rings is 3. The van der Waals surface area contributed by atoms with Crippen LogP contribution in [0.15, 0.2) is 0 Å². The lowest BCUT2D eigenvalue weighted by Crippen LogP contribution is -2.70. The van der Waals surface area contributed by atoms with Crippen LogP contribution in [0.5, 0.6) is 0 Å². The van der Waals surface area contributed by atoms with E-state index in [-0.39, 0.29) is 5.54 Å². The Kier molecular flexibility index (Phi) is 8.15. The van der Waals surface area contributed by atoms with E-state index in [1.54, 1.807) is 0 Å². The van der Waals surface area contributed by atoms with Gasteiger partial charge < -0.3 is 16.0 Å². The molecule has 6 atom stereocenters. The predicted molar refractivity (Wildman–Crippen MR) is 152 cm³/mol. The zero-order valence-electron chi connectivity index (χ0n) is 24.5. The smallest absolute Gasteiger partial charge is 0.0394 e. The first-order valence-electron chi connectivity index (χ1n) is 15.5. The summed E-state index contributed by atoms with van der Waals surface area (Å²) >= 11 is 0. The number of nitrogens with one attached hydrogen (secondary N) is 3. The van der Waals surface area contributed by atoms with E-state index < -0.39 is 0 Å². The lowest BCUT2D eigenvalue weighted by Gasteiger charge is -2.61. The van der Waals surface area contributed by atoms with Crippen LogP contribution in [0.1, 0.15) is 80.1 Å². The van der Waals surface area contributed by atoms with Gasteiger partial charge in [0, 0.05) is 94.7 Å². The topological polar surface area (TPSA) is 45.8 Å². The highest BCUT2D eigenvalue weighted by molar-refractivity contribution is 5.09. The maximum atomic E-state index is 3.78. The van der Waals surface area contributed by atoms with Crippen molar-refractivity contribution >= 4 is 0 Å². The van der Waals surface area contributed by atoms with Crippen LogP contribution in [-0.2, 0) is 0 Å². The minimum absolute atomic E-state index is 0.212. The molecule has 5 aliphatic rings. The van der Waals surface area contributed by atoms with Gasteiger partial charge >= 0.3 is 0 Å². The largest absolute Gasteiger partial charge is 0.314 e. The van der Waals surface area contributed by atoms with Crippen molar-refractivity contribution < 1.29 is 0 Å². The highest BCUT2D eigenvalue weighted by atomic mass is 15.3. The second-order valence-electron chi connectivity index (χ2n) is 14.8. The van der Waals surface area contributed by atoms with E-state index in [1.807, 2.05) is 0 Å². The molecule has 2 bridgehead atoms. The molecule has 0 spiro atoms. The first-order chi connectivity index (χ1) is 17.1. The zero-order chi connectivity index (χ0) is 25.6. The van der Waals surface area contributed by atoms with Gasteiger partial charge in [0.15, 0.2) is 0 Å². The van der Waals surface area contributed by atoms with Crippen molar-refractivity contribution in [3.8, 4) is 0 Å². The van der Waals surface area contributed by atoms with Crippen LogP contribution in [0.2, 0.25) is 0 Å². The van der Waals surface area contributed by atoms with Gasteiger partial charge in [0.25, 0.3) is 0 Å². The van der Waals surface area contributed by atoms with Crippen molar-refractivity contribution in [2.45, 2.75) is 109 Å². The van der Waals surface area contributed by atoms with Gasteiger partial charge in [-0.25, -0.2) is 0 Å². The Labute approximate surface area is 222 Å². The Morgan fingerprint density at radius 3 is 2.25 bits per heavy atom. The molecule has 2 saturated carbocycles. The molecule has 6 unspecified atom stereocenters. The van der Waals surface area contributed by atoms with Crippen molar-refractivity contribution in [2.24, 2.45) is 17.3 Å². The molecule has 3 heterocycles. The molecular formula is C30H58N6. The standard InChI is InChI=1S/C30H58N6/c1-23(2)35-13-9-32-19-26(35)27-20-33-10-14-36(27)28(4,5)21-29(6)17-25-15-24(3)16-30(18-25,22-29)34-11-7-31-8-12-34/h23-27,31-33H,7-22H2,1-6H3. The lowest BCUT2D eigenvalue weighted by molar-refractivity contribution is -0.0981.